The lowest BCUT2D eigenvalue weighted by Gasteiger charge is -2.07. The molecule has 0 aromatic heterocycles. The summed E-state index contributed by atoms with van der Waals surface area (Å²) >= 11 is 0. The van der Waals surface area contributed by atoms with Crippen molar-refractivity contribution in [1.82, 2.24) is 5.32 Å². The van der Waals surface area contributed by atoms with Crippen molar-refractivity contribution < 1.29 is 13.2 Å². The van der Waals surface area contributed by atoms with Gasteiger partial charge in [0, 0.05) is 23.6 Å². The first-order chi connectivity index (χ1) is 8.45. The molecule has 0 saturated heterocycles. The number of halogens is 1. The molecule has 1 aromatic carbocycles. The first kappa shape index (κ1) is 15.0. The highest BCUT2D eigenvalue weighted by Gasteiger charge is 2.14. The van der Waals surface area contributed by atoms with Crippen LogP contribution in [-0.4, -0.2) is 20.9 Å². The van der Waals surface area contributed by atoms with Crippen molar-refractivity contribution in [2.24, 2.45) is 0 Å². The molecule has 0 heterocycles. The molecule has 0 bridgehead atoms. The summed E-state index contributed by atoms with van der Waals surface area (Å²) in [5.41, 5.74) is 0.615. The number of hydrogen-bond donors (Lipinski definition) is 1. The van der Waals surface area contributed by atoms with Gasteiger partial charge in [0.05, 0.1) is 4.90 Å². The Kier molecular flexibility index (Phi) is 5.62. The third-order valence-electron chi connectivity index (χ3n) is 2.43. The van der Waals surface area contributed by atoms with Gasteiger partial charge in [-0.3, -0.25) is 4.79 Å². The molecule has 0 saturated carbocycles. The summed E-state index contributed by atoms with van der Waals surface area (Å²) in [7, 11) is 1.60. The second-order valence-corrected chi connectivity index (χ2v) is 6.43. The molecule has 1 rings (SSSR count). The van der Waals surface area contributed by atoms with Gasteiger partial charge >= 0.3 is 0 Å². The summed E-state index contributed by atoms with van der Waals surface area (Å²) in [5.74, 6) is -0.0243. The molecule has 100 valence electrons. The van der Waals surface area contributed by atoms with Gasteiger partial charge in [-0.25, -0.2) is 8.42 Å². The van der Waals surface area contributed by atoms with Gasteiger partial charge in [0.1, 0.15) is 0 Å². The lowest BCUT2D eigenvalue weighted by atomic mass is 10.1. The van der Waals surface area contributed by atoms with E-state index in [2.05, 4.69) is 5.32 Å². The highest BCUT2D eigenvalue weighted by molar-refractivity contribution is 8.13. The van der Waals surface area contributed by atoms with E-state index in [4.69, 9.17) is 10.7 Å². The summed E-state index contributed by atoms with van der Waals surface area (Å²) in [5, 5.41) is 2.73. The second-order valence-electron chi connectivity index (χ2n) is 3.90. The fourth-order valence-corrected chi connectivity index (χ4v) is 2.78. The average Bonchev–Trinajstić information content (AvgIpc) is 2.28. The van der Waals surface area contributed by atoms with Gasteiger partial charge in [-0.15, -0.1) is 0 Å². The fraction of sp³-hybridized carbons (Fsp3) is 0.417. The Morgan fingerprint density at radius 3 is 2.61 bits per heavy atom. The zero-order chi connectivity index (χ0) is 13.6. The predicted molar refractivity (Wildman–Crippen MR) is 71.1 cm³/mol. The van der Waals surface area contributed by atoms with E-state index >= 15 is 0 Å². The average molecular weight is 290 g/mol. The minimum Gasteiger partial charge on any atom is -0.356 e. The Hall–Kier alpha value is -1.07. The quantitative estimate of drug-likeness (QED) is 0.816. The summed E-state index contributed by atoms with van der Waals surface area (Å²) < 4.78 is 22.7. The van der Waals surface area contributed by atoms with Gasteiger partial charge in [0.25, 0.3) is 9.05 Å². The smallest absolute Gasteiger partial charge is 0.261 e. The number of rotatable bonds is 6. The third-order valence-corrected chi connectivity index (χ3v) is 3.85. The van der Waals surface area contributed by atoms with Gasteiger partial charge in [0.2, 0.25) is 5.91 Å². The van der Waals surface area contributed by atoms with E-state index in [9.17, 15) is 13.2 Å². The molecular formula is C12H16ClNO3S. The molecule has 0 unspecified atom stereocenters. The first-order valence-electron chi connectivity index (χ1n) is 5.74. The van der Waals surface area contributed by atoms with E-state index in [1.807, 2.05) is 6.92 Å². The van der Waals surface area contributed by atoms with Crippen LogP contribution in [0.4, 0.5) is 0 Å². The van der Waals surface area contributed by atoms with Crippen LogP contribution in [0.1, 0.15) is 25.3 Å². The lowest BCUT2D eigenvalue weighted by Crippen LogP contribution is -2.25. The Balaban J connectivity index is 2.66. The maximum Gasteiger partial charge on any atom is 0.261 e. The number of nitrogens with one attached hydrogen (secondary N) is 1. The van der Waals surface area contributed by atoms with Crippen molar-refractivity contribution in [3.63, 3.8) is 0 Å². The molecule has 0 spiro atoms. The predicted octanol–water partition coefficient (Wildman–Crippen LogP) is 2.07. The highest BCUT2D eigenvalue weighted by Crippen LogP contribution is 2.19. The fourth-order valence-electron chi connectivity index (χ4n) is 1.60. The van der Waals surface area contributed by atoms with E-state index in [1.54, 1.807) is 18.2 Å². The zero-order valence-corrected chi connectivity index (χ0v) is 11.7. The van der Waals surface area contributed by atoms with Crippen LogP contribution in [0.5, 0.6) is 0 Å². The molecule has 1 N–H and O–H groups in total. The number of amides is 1. The van der Waals surface area contributed by atoms with Gasteiger partial charge < -0.3 is 5.32 Å². The Morgan fingerprint density at radius 2 is 2.00 bits per heavy atom. The Morgan fingerprint density at radius 1 is 1.33 bits per heavy atom. The monoisotopic (exact) mass is 289 g/mol. The molecule has 4 nitrogen and oxygen atoms in total. The SMILES string of the molecule is CCCC(=O)NCCc1ccccc1S(=O)(=O)Cl. The van der Waals surface area contributed by atoms with E-state index in [1.165, 1.54) is 6.07 Å². The van der Waals surface area contributed by atoms with Crippen molar-refractivity contribution in [1.29, 1.82) is 0 Å². The Bertz CT molecular complexity index is 514. The third kappa shape index (κ3) is 4.66. The molecule has 6 heteroatoms. The van der Waals surface area contributed by atoms with Crippen LogP contribution in [0.15, 0.2) is 29.2 Å². The van der Waals surface area contributed by atoms with Gasteiger partial charge in [-0.2, -0.15) is 0 Å². The molecular weight excluding hydrogens is 274 g/mol. The molecule has 0 aliphatic carbocycles. The molecule has 1 aromatic rings. The van der Waals surface area contributed by atoms with Gasteiger partial charge in [-0.1, -0.05) is 25.1 Å². The maximum atomic E-state index is 11.3. The zero-order valence-electron chi connectivity index (χ0n) is 10.1. The highest BCUT2D eigenvalue weighted by atomic mass is 35.7. The van der Waals surface area contributed by atoms with Crippen LogP contribution < -0.4 is 5.32 Å². The van der Waals surface area contributed by atoms with Gasteiger partial charge in [0.15, 0.2) is 0 Å². The van der Waals surface area contributed by atoms with Crippen molar-refractivity contribution in [3.05, 3.63) is 29.8 Å². The van der Waals surface area contributed by atoms with Crippen LogP contribution in [0, 0.1) is 0 Å². The van der Waals surface area contributed by atoms with Crippen LogP contribution in [0.25, 0.3) is 0 Å². The maximum absolute atomic E-state index is 11.3. The molecule has 1 amide bonds. The Labute approximate surface area is 112 Å². The minimum atomic E-state index is -3.73. The summed E-state index contributed by atoms with van der Waals surface area (Å²) in [4.78, 5) is 11.4. The van der Waals surface area contributed by atoms with E-state index in [-0.39, 0.29) is 10.8 Å². The number of benzene rings is 1. The molecule has 0 radical (unpaired) electrons. The van der Waals surface area contributed by atoms with Crippen LogP contribution in [-0.2, 0) is 20.3 Å². The number of hydrogen-bond acceptors (Lipinski definition) is 3. The van der Waals surface area contributed by atoms with Crippen LogP contribution in [0.2, 0.25) is 0 Å². The topological polar surface area (TPSA) is 63.2 Å². The molecule has 0 atom stereocenters. The largest absolute Gasteiger partial charge is 0.356 e. The molecule has 0 aliphatic rings. The standard InChI is InChI=1S/C12H16ClNO3S/c1-2-5-12(15)14-9-8-10-6-3-4-7-11(10)18(13,16)17/h3-4,6-7H,2,5,8-9H2,1H3,(H,14,15). The minimum absolute atomic E-state index is 0.0243. The lowest BCUT2D eigenvalue weighted by molar-refractivity contribution is -0.121. The number of carbonyl (C=O) groups is 1. The van der Waals surface area contributed by atoms with Crippen molar-refractivity contribution in [3.8, 4) is 0 Å². The van der Waals surface area contributed by atoms with Crippen LogP contribution in [0.3, 0.4) is 0 Å². The second kappa shape index (κ2) is 6.75. The van der Waals surface area contributed by atoms with Crippen molar-refractivity contribution in [2.45, 2.75) is 31.1 Å². The van der Waals surface area contributed by atoms with Gasteiger partial charge in [-0.05, 0) is 24.5 Å². The van der Waals surface area contributed by atoms with Crippen LogP contribution >= 0.6 is 10.7 Å². The van der Waals surface area contributed by atoms with Crippen molar-refractivity contribution in [2.75, 3.05) is 6.54 Å². The van der Waals surface area contributed by atoms with E-state index in [0.717, 1.165) is 6.42 Å². The molecule has 0 fully saturated rings. The summed E-state index contributed by atoms with van der Waals surface area (Å²) in [6.07, 6.45) is 1.71. The molecule has 0 aliphatic heterocycles. The normalized spacial score (nSPS) is 11.2. The first-order valence-corrected chi connectivity index (χ1v) is 8.05. The van der Waals surface area contributed by atoms with E-state index in [0.29, 0.717) is 24.9 Å². The van der Waals surface area contributed by atoms with E-state index < -0.39 is 9.05 Å². The summed E-state index contributed by atoms with van der Waals surface area (Å²) in [6, 6.07) is 6.52. The number of carbonyl (C=O) groups excluding carboxylic acids is 1. The summed E-state index contributed by atoms with van der Waals surface area (Å²) in [6.45, 7) is 2.33. The molecule has 18 heavy (non-hydrogen) atoms. The van der Waals surface area contributed by atoms with Crippen molar-refractivity contribution >= 4 is 25.6 Å².